The molecule has 0 radical (unpaired) electrons. The van der Waals surface area contributed by atoms with Gasteiger partial charge in [0.2, 0.25) is 0 Å². The summed E-state index contributed by atoms with van der Waals surface area (Å²) in [7, 11) is 1.71. The van der Waals surface area contributed by atoms with Gasteiger partial charge < -0.3 is 10.6 Å². The summed E-state index contributed by atoms with van der Waals surface area (Å²) in [5.41, 5.74) is 0.473. The van der Waals surface area contributed by atoms with E-state index in [4.69, 9.17) is 0 Å². The Bertz CT molecular complexity index is 585. The summed E-state index contributed by atoms with van der Waals surface area (Å²) in [5.74, 6) is -0.312. The quantitative estimate of drug-likeness (QED) is 0.903. The van der Waals surface area contributed by atoms with Crippen molar-refractivity contribution in [1.82, 2.24) is 15.2 Å². The van der Waals surface area contributed by atoms with Crippen molar-refractivity contribution in [2.75, 3.05) is 17.7 Å². The van der Waals surface area contributed by atoms with Gasteiger partial charge in [-0.1, -0.05) is 0 Å². The number of anilines is 2. The minimum atomic E-state index is -4.48. The maximum atomic E-state index is 12.8. The molecule has 0 aliphatic heterocycles. The van der Waals surface area contributed by atoms with Crippen LogP contribution in [0.5, 0.6) is 0 Å². The van der Waals surface area contributed by atoms with Crippen molar-refractivity contribution in [2.24, 2.45) is 0 Å². The number of aromatic nitrogens is 3. The molecule has 2 N–H and O–H groups in total. The van der Waals surface area contributed by atoms with Crippen LogP contribution in [0.4, 0.5) is 24.7 Å². The predicted octanol–water partition coefficient (Wildman–Crippen LogP) is 2.54. The Kier molecular flexibility index (Phi) is 4.02. The summed E-state index contributed by atoms with van der Waals surface area (Å²) in [5, 5.41) is 12.5. The van der Waals surface area contributed by atoms with Gasteiger partial charge in [0, 0.05) is 13.2 Å². The van der Waals surface area contributed by atoms with E-state index in [0.29, 0.717) is 5.69 Å². The molecule has 0 aliphatic rings. The van der Waals surface area contributed by atoms with E-state index in [0.717, 1.165) is 18.0 Å². The van der Waals surface area contributed by atoms with Gasteiger partial charge in [-0.25, -0.2) is 0 Å². The summed E-state index contributed by atoms with van der Waals surface area (Å²) in [6, 6.07) is 4.40. The van der Waals surface area contributed by atoms with Crippen LogP contribution in [0.2, 0.25) is 0 Å². The standard InChI is InChI=1S/C12H12F3N5/c1-16-9-3-2-5-17-10(9)7-18-11-8(12(13,14)15)4-6-19-20-11/h2-6,16H,7H2,1H3,(H,18,20). The van der Waals surface area contributed by atoms with Crippen molar-refractivity contribution in [3.8, 4) is 0 Å². The van der Waals surface area contributed by atoms with Gasteiger partial charge in [0.1, 0.15) is 5.56 Å². The fourth-order valence-corrected chi connectivity index (χ4v) is 1.67. The van der Waals surface area contributed by atoms with Crippen LogP contribution < -0.4 is 10.6 Å². The van der Waals surface area contributed by atoms with Gasteiger partial charge in [0.15, 0.2) is 5.82 Å². The van der Waals surface area contributed by atoms with Crippen molar-refractivity contribution in [3.05, 3.63) is 41.9 Å². The first-order valence-electron chi connectivity index (χ1n) is 5.77. The summed E-state index contributed by atoms with van der Waals surface area (Å²) in [6.45, 7) is 0.110. The highest BCUT2D eigenvalue weighted by Gasteiger charge is 2.34. The molecule has 0 spiro atoms. The molecule has 106 valence electrons. The van der Waals surface area contributed by atoms with Crippen molar-refractivity contribution in [3.63, 3.8) is 0 Å². The van der Waals surface area contributed by atoms with Crippen molar-refractivity contribution < 1.29 is 13.2 Å². The number of nitrogens with one attached hydrogen (secondary N) is 2. The van der Waals surface area contributed by atoms with E-state index in [2.05, 4.69) is 25.8 Å². The maximum absolute atomic E-state index is 12.8. The monoisotopic (exact) mass is 283 g/mol. The molecule has 0 saturated carbocycles. The van der Waals surface area contributed by atoms with Crippen molar-refractivity contribution in [1.29, 1.82) is 0 Å². The summed E-state index contributed by atoms with van der Waals surface area (Å²) < 4.78 is 38.4. The Balaban J connectivity index is 2.20. The Morgan fingerprint density at radius 2 is 2.00 bits per heavy atom. The average molecular weight is 283 g/mol. The lowest BCUT2D eigenvalue weighted by molar-refractivity contribution is -0.137. The van der Waals surface area contributed by atoms with Crippen LogP contribution in [0, 0.1) is 0 Å². The van der Waals surface area contributed by atoms with Crippen LogP contribution in [0.25, 0.3) is 0 Å². The molecular formula is C12H12F3N5. The van der Waals surface area contributed by atoms with Gasteiger partial charge >= 0.3 is 6.18 Å². The number of pyridine rings is 1. The number of nitrogens with zero attached hydrogens (tertiary/aromatic N) is 3. The van der Waals surface area contributed by atoms with Crippen LogP contribution in [-0.2, 0) is 12.7 Å². The minimum absolute atomic E-state index is 0.110. The predicted molar refractivity (Wildman–Crippen MR) is 68.1 cm³/mol. The molecule has 20 heavy (non-hydrogen) atoms. The Labute approximate surface area is 113 Å². The molecule has 2 rings (SSSR count). The first-order chi connectivity index (χ1) is 9.52. The second-order valence-electron chi connectivity index (χ2n) is 3.89. The lowest BCUT2D eigenvalue weighted by Crippen LogP contribution is -2.14. The van der Waals surface area contributed by atoms with Crippen LogP contribution in [0.1, 0.15) is 11.3 Å². The fourth-order valence-electron chi connectivity index (χ4n) is 1.67. The van der Waals surface area contributed by atoms with Crippen LogP contribution in [-0.4, -0.2) is 22.2 Å². The molecule has 0 amide bonds. The summed E-state index contributed by atoms with van der Waals surface area (Å²) in [4.78, 5) is 4.10. The van der Waals surface area contributed by atoms with Gasteiger partial charge in [-0.15, -0.1) is 5.10 Å². The van der Waals surface area contributed by atoms with Gasteiger partial charge in [0.25, 0.3) is 0 Å². The SMILES string of the molecule is CNc1cccnc1CNc1nnccc1C(F)(F)F. The molecule has 0 aliphatic carbocycles. The molecule has 0 saturated heterocycles. The zero-order chi connectivity index (χ0) is 14.6. The van der Waals surface area contributed by atoms with E-state index in [1.807, 2.05) is 0 Å². The topological polar surface area (TPSA) is 62.7 Å². The van der Waals surface area contributed by atoms with E-state index in [1.165, 1.54) is 0 Å². The highest BCUT2D eigenvalue weighted by atomic mass is 19.4. The van der Waals surface area contributed by atoms with Crippen molar-refractivity contribution >= 4 is 11.5 Å². The number of rotatable bonds is 4. The van der Waals surface area contributed by atoms with E-state index in [-0.39, 0.29) is 12.4 Å². The number of alkyl halides is 3. The second kappa shape index (κ2) is 5.72. The lowest BCUT2D eigenvalue weighted by atomic mass is 10.2. The average Bonchev–Trinajstić information content (AvgIpc) is 2.44. The normalized spacial score (nSPS) is 11.2. The largest absolute Gasteiger partial charge is 0.420 e. The third kappa shape index (κ3) is 3.14. The number of halogens is 3. The zero-order valence-corrected chi connectivity index (χ0v) is 10.6. The van der Waals surface area contributed by atoms with Gasteiger partial charge in [-0.2, -0.15) is 18.3 Å². The molecule has 0 fully saturated rings. The zero-order valence-electron chi connectivity index (χ0n) is 10.6. The van der Waals surface area contributed by atoms with Crippen LogP contribution >= 0.6 is 0 Å². The first kappa shape index (κ1) is 14.0. The van der Waals surface area contributed by atoms with E-state index < -0.39 is 11.7 Å². The van der Waals surface area contributed by atoms with E-state index in [1.54, 1.807) is 25.4 Å². The summed E-state index contributed by atoms with van der Waals surface area (Å²) >= 11 is 0. The third-order valence-corrected chi connectivity index (χ3v) is 2.61. The number of hydrogen-bond donors (Lipinski definition) is 2. The van der Waals surface area contributed by atoms with Gasteiger partial charge in [0.05, 0.1) is 24.1 Å². The van der Waals surface area contributed by atoms with Crippen LogP contribution in [0.3, 0.4) is 0 Å². The maximum Gasteiger partial charge on any atom is 0.420 e. The third-order valence-electron chi connectivity index (χ3n) is 2.61. The Hall–Kier alpha value is -2.38. The van der Waals surface area contributed by atoms with Gasteiger partial charge in [-0.3, -0.25) is 4.98 Å². The molecule has 0 atom stereocenters. The molecule has 2 aromatic rings. The summed E-state index contributed by atoms with van der Waals surface area (Å²) in [6.07, 6.45) is -1.90. The van der Waals surface area contributed by atoms with Crippen molar-refractivity contribution in [2.45, 2.75) is 12.7 Å². The molecule has 2 heterocycles. The molecule has 8 heteroatoms. The van der Waals surface area contributed by atoms with E-state index in [9.17, 15) is 13.2 Å². The first-order valence-corrected chi connectivity index (χ1v) is 5.77. The number of hydrogen-bond acceptors (Lipinski definition) is 5. The Morgan fingerprint density at radius 1 is 1.20 bits per heavy atom. The highest BCUT2D eigenvalue weighted by molar-refractivity contribution is 5.50. The molecule has 2 aromatic heterocycles. The fraction of sp³-hybridized carbons (Fsp3) is 0.250. The van der Waals surface area contributed by atoms with E-state index >= 15 is 0 Å². The molecule has 5 nitrogen and oxygen atoms in total. The molecular weight excluding hydrogens is 271 g/mol. The highest BCUT2D eigenvalue weighted by Crippen LogP contribution is 2.33. The minimum Gasteiger partial charge on any atom is -0.387 e. The molecule has 0 aromatic carbocycles. The van der Waals surface area contributed by atoms with Crippen LogP contribution in [0.15, 0.2) is 30.6 Å². The Morgan fingerprint density at radius 3 is 2.70 bits per heavy atom. The molecule has 0 unspecified atom stereocenters. The van der Waals surface area contributed by atoms with Gasteiger partial charge in [-0.05, 0) is 18.2 Å². The molecule has 0 bridgehead atoms. The second-order valence-corrected chi connectivity index (χ2v) is 3.89. The lowest BCUT2D eigenvalue weighted by Gasteiger charge is -2.13. The smallest absolute Gasteiger partial charge is 0.387 e.